The van der Waals surface area contributed by atoms with Crippen molar-refractivity contribution < 1.29 is 9.59 Å². The number of nitrogens with one attached hydrogen (secondary N) is 1. The Balaban J connectivity index is 1.38. The summed E-state index contributed by atoms with van der Waals surface area (Å²) in [5.41, 5.74) is 1.78. The van der Waals surface area contributed by atoms with Crippen molar-refractivity contribution in [3.63, 3.8) is 0 Å². The van der Waals surface area contributed by atoms with Crippen molar-refractivity contribution >= 4 is 67.8 Å². The van der Waals surface area contributed by atoms with Crippen LogP contribution in [0.4, 0.5) is 11.4 Å². The highest BCUT2D eigenvalue weighted by Gasteiger charge is 2.22. The minimum Gasteiger partial charge on any atom is -0.368 e. The summed E-state index contributed by atoms with van der Waals surface area (Å²) < 4.78 is 0.883. The molecule has 2 aromatic carbocycles. The number of carbonyl (C=O) groups excluding carboxylic acids is 2. The van der Waals surface area contributed by atoms with Crippen molar-refractivity contribution in [3.05, 3.63) is 57.4 Å². The first kappa shape index (κ1) is 22.9. The smallest absolute Gasteiger partial charge is 0.267 e. The molecule has 3 aromatic rings. The van der Waals surface area contributed by atoms with Crippen LogP contribution in [-0.4, -0.2) is 42.9 Å². The lowest BCUT2D eigenvalue weighted by molar-refractivity contribution is -0.132. The molecule has 1 N–H and O–H groups in total. The van der Waals surface area contributed by atoms with Crippen molar-refractivity contribution in [3.8, 4) is 0 Å². The molecule has 1 saturated heterocycles. The summed E-state index contributed by atoms with van der Waals surface area (Å²) in [6.45, 7) is 7.21. The maximum Gasteiger partial charge on any atom is 0.267 e. The minimum absolute atomic E-state index is 0.236. The fourth-order valence-electron chi connectivity index (χ4n) is 3.82. The second-order valence-electron chi connectivity index (χ2n) is 8.35. The molecule has 0 bridgehead atoms. The SMILES string of the molecule is CC(C)CC(=O)N1CCN(c2ccc(NC(=O)c3sc4cc(Cl)ccc4c3Cl)cc2)CC1. The van der Waals surface area contributed by atoms with Gasteiger partial charge in [0, 0.05) is 59.1 Å². The number of thiophene rings is 1. The third-order valence-electron chi connectivity index (χ3n) is 5.50. The Hall–Kier alpha value is -2.28. The number of hydrogen-bond acceptors (Lipinski definition) is 4. The van der Waals surface area contributed by atoms with Gasteiger partial charge in [0.2, 0.25) is 5.91 Å². The summed E-state index contributed by atoms with van der Waals surface area (Å²) >= 11 is 13.8. The van der Waals surface area contributed by atoms with Gasteiger partial charge < -0.3 is 15.1 Å². The standard InChI is InChI=1S/C24H25Cl2N3O2S/c1-15(2)13-21(30)29-11-9-28(10-12-29)18-6-4-17(5-7-18)27-24(31)23-22(26)19-8-3-16(25)14-20(19)32-23/h3-8,14-15H,9-13H2,1-2H3,(H,27,31). The number of fused-ring (bicyclic) bond motifs is 1. The van der Waals surface area contributed by atoms with E-state index in [9.17, 15) is 9.59 Å². The predicted molar refractivity (Wildman–Crippen MR) is 134 cm³/mol. The molecular formula is C24H25Cl2N3O2S. The van der Waals surface area contributed by atoms with Crippen molar-refractivity contribution in [2.75, 3.05) is 36.4 Å². The third-order valence-corrected chi connectivity index (χ3v) is 7.39. The van der Waals surface area contributed by atoms with Crippen LogP contribution >= 0.6 is 34.5 Å². The molecule has 1 fully saturated rings. The molecular weight excluding hydrogens is 465 g/mol. The Bertz CT molecular complexity index is 1140. The number of carbonyl (C=O) groups is 2. The van der Waals surface area contributed by atoms with E-state index in [-0.39, 0.29) is 11.8 Å². The molecule has 0 saturated carbocycles. The number of nitrogens with zero attached hydrogens (tertiary/aromatic N) is 2. The number of hydrogen-bond donors (Lipinski definition) is 1. The molecule has 0 unspecified atom stereocenters. The van der Waals surface area contributed by atoms with Gasteiger partial charge in [-0.05, 0) is 42.3 Å². The van der Waals surface area contributed by atoms with E-state index in [0.29, 0.717) is 32.9 Å². The number of halogens is 2. The van der Waals surface area contributed by atoms with Crippen molar-refractivity contribution in [1.29, 1.82) is 0 Å². The van der Waals surface area contributed by atoms with Gasteiger partial charge in [-0.1, -0.05) is 43.1 Å². The number of rotatable bonds is 5. The lowest BCUT2D eigenvalue weighted by atomic mass is 10.1. The van der Waals surface area contributed by atoms with Gasteiger partial charge in [0.1, 0.15) is 4.88 Å². The highest BCUT2D eigenvalue weighted by Crippen LogP contribution is 2.37. The molecule has 5 nitrogen and oxygen atoms in total. The van der Waals surface area contributed by atoms with Gasteiger partial charge in [-0.15, -0.1) is 11.3 Å². The second-order valence-corrected chi connectivity index (χ2v) is 10.2. The van der Waals surface area contributed by atoms with E-state index < -0.39 is 0 Å². The highest BCUT2D eigenvalue weighted by atomic mass is 35.5. The van der Waals surface area contributed by atoms with Crippen LogP contribution in [0.15, 0.2) is 42.5 Å². The molecule has 1 aromatic heterocycles. The summed E-state index contributed by atoms with van der Waals surface area (Å²) in [5.74, 6) is 0.376. The van der Waals surface area contributed by atoms with Crippen LogP contribution in [0.2, 0.25) is 10.0 Å². The minimum atomic E-state index is -0.239. The zero-order valence-corrected chi connectivity index (χ0v) is 20.4. The summed E-state index contributed by atoms with van der Waals surface area (Å²) in [6, 6.07) is 13.2. The van der Waals surface area contributed by atoms with Crippen molar-refractivity contribution in [2.24, 2.45) is 5.92 Å². The van der Waals surface area contributed by atoms with Crippen LogP contribution in [0.5, 0.6) is 0 Å². The van der Waals surface area contributed by atoms with Crippen LogP contribution < -0.4 is 10.2 Å². The molecule has 0 aliphatic carbocycles. The average molecular weight is 490 g/mol. The van der Waals surface area contributed by atoms with E-state index in [1.54, 1.807) is 6.07 Å². The summed E-state index contributed by atoms with van der Waals surface area (Å²) in [7, 11) is 0. The fourth-order valence-corrected chi connectivity index (χ4v) is 5.51. The lowest BCUT2D eigenvalue weighted by Gasteiger charge is -2.36. The number of anilines is 2. The molecule has 0 radical (unpaired) electrons. The maximum absolute atomic E-state index is 12.8. The van der Waals surface area contributed by atoms with Gasteiger partial charge in [-0.3, -0.25) is 9.59 Å². The molecule has 0 atom stereocenters. The topological polar surface area (TPSA) is 52.7 Å². The average Bonchev–Trinajstić information content (AvgIpc) is 3.09. The third kappa shape index (κ3) is 5.03. The predicted octanol–water partition coefficient (Wildman–Crippen LogP) is 6.16. The Kier molecular flexibility index (Phi) is 6.93. The second kappa shape index (κ2) is 9.69. The van der Waals surface area contributed by atoms with E-state index in [2.05, 4.69) is 24.1 Å². The van der Waals surface area contributed by atoms with Crippen molar-refractivity contribution in [2.45, 2.75) is 20.3 Å². The summed E-state index contributed by atoms with van der Waals surface area (Å²) in [6.07, 6.45) is 0.602. The highest BCUT2D eigenvalue weighted by molar-refractivity contribution is 7.21. The largest absolute Gasteiger partial charge is 0.368 e. The Morgan fingerprint density at radius 2 is 1.72 bits per heavy atom. The molecule has 4 rings (SSSR count). The Morgan fingerprint density at radius 3 is 2.38 bits per heavy atom. The van der Waals surface area contributed by atoms with Gasteiger partial charge in [0.15, 0.2) is 0 Å². The van der Waals surface area contributed by atoms with Gasteiger partial charge in [0.05, 0.1) is 5.02 Å². The first-order valence-electron chi connectivity index (χ1n) is 10.6. The van der Waals surface area contributed by atoms with E-state index in [1.807, 2.05) is 41.3 Å². The maximum atomic E-state index is 12.8. The number of benzene rings is 2. The van der Waals surface area contributed by atoms with Crippen LogP contribution in [0.1, 0.15) is 29.9 Å². The molecule has 32 heavy (non-hydrogen) atoms. The van der Waals surface area contributed by atoms with E-state index in [4.69, 9.17) is 23.2 Å². The fraction of sp³-hybridized carbons (Fsp3) is 0.333. The molecule has 0 spiro atoms. The van der Waals surface area contributed by atoms with Crippen LogP contribution in [0.3, 0.4) is 0 Å². The molecule has 1 aliphatic heterocycles. The van der Waals surface area contributed by atoms with Crippen LogP contribution in [0.25, 0.3) is 10.1 Å². The first-order valence-corrected chi connectivity index (χ1v) is 12.2. The molecule has 1 aliphatic rings. The van der Waals surface area contributed by atoms with Crippen LogP contribution in [-0.2, 0) is 4.79 Å². The first-order chi connectivity index (χ1) is 15.3. The normalized spacial score (nSPS) is 14.3. The molecule has 8 heteroatoms. The Labute approximate surface area is 201 Å². The van der Waals surface area contributed by atoms with Gasteiger partial charge in [-0.25, -0.2) is 0 Å². The lowest BCUT2D eigenvalue weighted by Crippen LogP contribution is -2.49. The van der Waals surface area contributed by atoms with Crippen LogP contribution in [0, 0.1) is 5.92 Å². The van der Waals surface area contributed by atoms with E-state index in [0.717, 1.165) is 42.0 Å². The van der Waals surface area contributed by atoms with E-state index in [1.165, 1.54) is 11.3 Å². The summed E-state index contributed by atoms with van der Waals surface area (Å²) in [4.78, 5) is 29.7. The zero-order valence-electron chi connectivity index (χ0n) is 18.0. The summed E-state index contributed by atoms with van der Waals surface area (Å²) in [5, 5.41) is 4.81. The van der Waals surface area contributed by atoms with Crippen molar-refractivity contribution in [1.82, 2.24) is 4.90 Å². The zero-order chi connectivity index (χ0) is 22.8. The van der Waals surface area contributed by atoms with Gasteiger partial charge in [0.25, 0.3) is 5.91 Å². The quantitative estimate of drug-likeness (QED) is 0.467. The number of amides is 2. The monoisotopic (exact) mass is 489 g/mol. The molecule has 2 heterocycles. The molecule has 168 valence electrons. The molecule has 2 amide bonds. The number of piperazine rings is 1. The van der Waals surface area contributed by atoms with Gasteiger partial charge >= 0.3 is 0 Å². The Morgan fingerprint density at radius 1 is 1.03 bits per heavy atom. The van der Waals surface area contributed by atoms with E-state index >= 15 is 0 Å². The van der Waals surface area contributed by atoms with Gasteiger partial charge in [-0.2, -0.15) is 0 Å².